The van der Waals surface area contributed by atoms with Crippen LogP contribution < -0.4 is 4.72 Å². The van der Waals surface area contributed by atoms with E-state index in [1.807, 2.05) is 29.6 Å². The maximum Gasteiger partial charge on any atom is 0.408 e. The van der Waals surface area contributed by atoms with Gasteiger partial charge in [-0.25, -0.2) is 17.9 Å². The number of benzene rings is 1. The molecule has 32 heavy (non-hydrogen) atoms. The van der Waals surface area contributed by atoms with Crippen molar-refractivity contribution in [2.45, 2.75) is 67.9 Å². The van der Waals surface area contributed by atoms with Crippen molar-refractivity contribution in [3.8, 4) is 0 Å². The molecule has 3 rings (SSSR count). The molecule has 0 aromatic heterocycles. The second kappa shape index (κ2) is 10.7. The van der Waals surface area contributed by atoms with E-state index in [0.29, 0.717) is 31.9 Å². The van der Waals surface area contributed by atoms with Crippen LogP contribution in [0.2, 0.25) is 0 Å². The van der Waals surface area contributed by atoms with Crippen LogP contribution in [0.1, 0.15) is 50.0 Å². The quantitative estimate of drug-likeness (QED) is 0.569. The van der Waals surface area contributed by atoms with Gasteiger partial charge in [-0.3, -0.25) is 0 Å². The summed E-state index contributed by atoms with van der Waals surface area (Å²) in [6.07, 6.45) is 6.30. The molecule has 1 amide bonds. The van der Waals surface area contributed by atoms with Gasteiger partial charge in [0.15, 0.2) is 0 Å². The predicted octanol–water partition coefficient (Wildman–Crippen LogP) is -0.241. The molecule has 1 aliphatic carbocycles. The highest BCUT2D eigenvalue weighted by molar-refractivity contribution is 7.88. The molecule has 1 aromatic carbocycles. The molecular weight excluding hydrogens is 425 g/mol. The molecule has 1 aliphatic heterocycles. The second-order valence-electron chi connectivity index (χ2n) is 10.1. The van der Waals surface area contributed by atoms with E-state index in [9.17, 15) is 13.2 Å². The van der Waals surface area contributed by atoms with Crippen LogP contribution in [0.5, 0.6) is 0 Å². The minimum atomic E-state index is -3.41. The molecule has 1 saturated carbocycles. The molecule has 1 N–H and O–H groups in total. The molecule has 0 unspecified atom stereocenters. The number of hydrogen-bond donors (Lipinski definition) is 1. The summed E-state index contributed by atoms with van der Waals surface area (Å²) in [6.45, 7) is 0.832. The first-order chi connectivity index (χ1) is 15.0. The van der Waals surface area contributed by atoms with E-state index in [0.717, 1.165) is 31.9 Å². The van der Waals surface area contributed by atoms with Gasteiger partial charge >= 0.3 is 6.09 Å². The summed E-state index contributed by atoms with van der Waals surface area (Å²) in [5.41, 5.74) is 1.38. The maximum atomic E-state index is 12.9. The molecule has 174 valence electrons. The number of nitrogens with one attached hydrogen (secondary N) is 1. The lowest BCUT2D eigenvalue weighted by molar-refractivity contribution is -0.0270. The van der Waals surface area contributed by atoms with E-state index in [1.54, 1.807) is 4.90 Å². The molecule has 11 heteroatoms. The van der Waals surface area contributed by atoms with Gasteiger partial charge in [-0.15, -0.1) is 0 Å². The number of ether oxygens (including phenoxy) is 2. The van der Waals surface area contributed by atoms with Crippen LogP contribution in [0.3, 0.4) is 0 Å². The third kappa shape index (κ3) is 7.56. The highest BCUT2D eigenvalue weighted by Crippen LogP contribution is 2.34. The van der Waals surface area contributed by atoms with Gasteiger partial charge in [0.25, 0.3) is 0 Å². The van der Waals surface area contributed by atoms with Gasteiger partial charge in [0.2, 0.25) is 10.0 Å². The van der Waals surface area contributed by atoms with Crippen LogP contribution in [-0.2, 0) is 19.5 Å². The molecule has 1 saturated heterocycles. The van der Waals surface area contributed by atoms with Gasteiger partial charge in [-0.1, -0.05) is 30.3 Å². The van der Waals surface area contributed by atoms with Crippen LogP contribution in [-0.4, -0.2) is 85.8 Å². The lowest BCUT2D eigenvalue weighted by Crippen LogP contribution is -2.60. The largest absolute Gasteiger partial charge is 0.470 e. The second-order valence-corrected chi connectivity index (χ2v) is 11.9. The topological polar surface area (TPSA) is 84.9 Å². The number of hydrogen-bond acceptors (Lipinski definition) is 5. The van der Waals surface area contributed by atoms with Gasteiger partial charge in [-0.05, 0) is 50.0 Å². The first-order valence-corrected chi connectivity index (χ1v) is 13.5. The Balaban J connectivity index is 1.63. The lowest BCUT2D eigenvalue weighted by atomic mass is 9.52. The number of sulfonamides is 1. The van der Waals surface area contributed by atoms with Crippen LogP contribution >= 0.6 is 0 Å². The highest BCUT2D eigenvalue weighted by atomic mass is 32.2. The SMILES string of the molecule is BC(B)(B)OC(=O)N1CCC[C@H](NS(C)(=O)=O)[C@@H]1CO[C@H]1CC[C@@H](c2ccccc2)CC1. The Hall–Kier alpha value is -1.45. The van der Waals surface area contributed by atoms with Crippen molar-refractivity contribution in [2.75, 3.05) is 19.4 Å². The lowest BCUT2D eigenvalue weighted by Gasteiger charge is -2.42. The number of likely N-dealkylation sites (tertiary alicyclic amines) is 1. The fourth-order valence-electron chi connectivity index (χ4n) is 4.75. The minimum Gasteiger partial charge on any atom is -0.470 e. The predicted molar refractivity (Wildman–Crippen MR) is 134 cm³/mol. The van der Waals surface area contributed by atoms with E-state index in [1.165, 1.54) is 5.56 Å². The monoisotopic (exact) mass is 460 g/mol. The zero-order valence-corrected chi connectivity index (χ0v) is 20.6. The summed E-state index contributed by atoms with van der Waals surface area (Å²) in [6, 6.07) is 9.82. The maximum absolute atomic E-state index is 12.9. The molecule has 2 aliphatic rings. The van der Waals surface area contributed by atoms with Crippen molar-refractivity contribution in [2.24, 2.45) is 0 Å². The fraction of sp³-hybridized carbons (Fsp3) is 0.667. The summed E-state index contributed by atoms with van der Waals surface area (Å²) in [5.74, 6) is 0.559. The molecular formula is C21H35B3N2O5S. The average Bonchev–Trinajstić information content (AvgIpc) is 2.71. The van der Waals surface area contributed by atoms with Crippen molar-refractivity contribution in [1.82, 2.24) is 9.62 Å². The number of amides is 1. The Bertz CT molecular complexity index is 858. The molecule has 0 radical (unpaired) electrons. The first-order valence-electron chi connectivity index (χ1n) is 11.7. The summed E-state index contributed by atoms with van der Waals surface area (Å²) in [7, 11) is 2.09. The Labute approximate surface area is 195 Å². The number of piperidine rings is 1. The molecule has 2 fully saturated rings. The molecule has 2 atom stereocenters. The summed E-state index contributed by atoms with van der Waals surface area (Å²) < 4.78 is 38.5. The molecule has 0 bridgehead atoms. The summed E-state index contributed by atoms with van der Waals surface area (Å²) >= 11 is 0. The normalized spacial score (nSPS) is 27.1. The average molecular weight is 460 g/mol. The van der Waals surface area contributed by atoms with Gasteiger partial charge in [0, 0.05) is 17.9 Å². The fourth-order valence-corrected chi connectivity index (χ4v) is 5.57. The Morgan fingerprint density at radius 1 is 1.12 bits per heavy atom. The Kier molecular flexibility index (Phi) is 8.39. The smallest absolute Gasteiger partial charge is 0.408 e. The standard InChI is InChI=1S/C21H35B3N2O5S/c1-32(28,29)25-18-8-5-13-26(20(27)31-21(22,23)24)19(18)14-30-17-11-9-16(10-12-17)15-6-3-2-4-7-15/h2-4,6-7,16-19,25H,5,8-14,22-24H2,1H3/t16-,17+,18-,19-/m0/s1. The Morgan fingerprint density at radius 2 is 1.78 bits per heavy atom. The zero-order chi connectivity index (χ0) is 23.4. The third-order valence-corrected chi connectivity index (χ3v) is 6.95. The zero-order valence-electron chi connectivity index (χ0n) is 19.7. The number of carbonyl (C=O) groups is 1. The van der Waals surface area contributed by atoms with Gasteiger partial charge in [-0.2, -0.15) is 0 Å². The summed E-state index contributed by atoms with van der Waals surface area (Å²) in [5, 5.41) is -0.616. The molecule has 1 heterocycles. The number of rotatable bonds is 7. The van der Waals surface area contributed by atoms with E-state index >= 15 is 0 Å². The van der Waals surface area contributed by atoms with Crippen LogP contribution in [0.15, 0.2) is 30.3 Å². The Morgan fingerprint density at radius 3 is 2.38 bits per heavy atom. The van der Waals surface area contributed by atoms with E-state index in [2.05, 4.69) is 29.0 Å². The number of carbonyl (C=O) groups excluding carboxylic acids is 1. The molecule has 7 nitrogen and oxygen atoms in total. The minimum absolute atomic E-state index is 0.122. The number of nitrogens with zero attached hydrogens (tertiary/aromatic N) is 1. The van der Waals surface area contributed by atoms with E-state index in [4.69, 9.17) is 9.47 Å². The molecule has 0 spiro atoms. The first kappa shape index (κ1) is 25.2. The summed E-state index contributed by atoms with van der Waals surface area (Å²) in [4.78, 5) is 14.5. The van der Waals surface area contributed by atoms with Gasteiger partial charge in [0.05, 0.1) is 25.0 Å². The molecule has 1 aromatic rings. The van der Waals surface area contributed by atoms with Crippen molar-refractivity contribution in [3.63, 3.8) is 0 Å². The van der Waals surface area contributed by atoms with Crippen molar-refractivity contribution in [1.29, 1.82) is 0 Å². The van der Waals surface area contributed by atoms with Crippen molar-refractivity contribution < 1.29 is 22.7 Å². The van der Waals surface area contributed by atoms with E-state index in [-0.39, 0.29) is 18.2 Å². The van der Waals surface area contributed by atoms with E-state index < -0.39 is 21.4 Å². The van der Waals surface area contributed by atoms with Crippen LogP contribution in [0, 0.1) is 0 Å². The van der Waals surface area contributed by atoms with Crippen LogP contribution in [0.25, 0.3) is 0 Å². The van der Waals surface area contributed by atoms with Crippen molar-refractivity contribution >= 4 is 39.7 Å². The van der Waals surface area contributed by atoms with Gasteiger partial charge in [0.1, 0.15) is 23.5 Å². The third-order valence-electron chi connectivity index (χ3n) is 6.22. The van der Waals surface area contributed by atoms with Crippen LogP contribution in [0.4, 0.5) is 4.79 Å². The van der Waals surface area contributed by atoms with Gasteiger partial charge < -0.3 is 14.4 Å². The van der Waals surface area contributed by atoms with Crippen molar-refractivity contribution in [3.05, 3.63) is 35.9 Å². The highest BCUT2D eigenvalue weighted by Gasteiger charge is 2.38.